The third-order valence-electron chi connectivity index (χ3n) is 4.40. The average molecular weight is 397 g/mol. The van der Waals surface area contributed by atoms with E-state index in [-0.39, 0.29) is 5.91 Å². The van der Waals surface area contributed by atoms with E-state index in [1.165, 1.54) is 0 Å². The molecule has 0 atom stereocenters. The summed E-state index contributed by atoms with van der Waals surface area (Å²) < 4.78 is 4.93. The summed E-state index contributed by atoms with van der Waals surface area (Å²) in [6, 6.07) is 9.62. The first-order valence-electron chi connectivity index (χ1n) is 9.03. The van der Waals surface area contributed by atoms with Gasteiger partial charge < -0.3 is 4.90 Å². The van der Waals surface area contributed by atoms with E-state index in [1.54, 1.807) is 40.8 Å². The molecule has 0 aliphatic carbocycles. The van der Waals surface area contributed by atoms with Crippen LogP contribution in [0.25, 0.3) is 17.1 Å². The number of aromatic nitrogens is 4. The van der Waals surface area contributed by atoms with Crippen molar-refractivity contribution < 1.29 is 4.79 Å². The lowest BCUT2D eigenvalue weighted by molar-refractivity contribution is 0.0796. The summed E-state index contributed by atoms with van der Waals surface area (Å²) in [5, 5.41) is 4.56. The number of carbonyl (C=O) groups excluding carboxylic acids is 1. The van der Waals surface area contributed by atoms with Crippen molar-refractivity contribution >= 4 is 17.9 Å². The van der Waals surface area contributed by atoms with Crippen molar-refractivity contribution in [3.63, 3.8) is 0 Å². The second kappa shape index (κ2) is 8.99. The molecular formula is C20H24N6OS. The molecule has 3 aromatic heterocycles. The molecule has 0 spiro atoms. The quantitative estimate of drug-likeness (QED) is 0.619. The summed E-state index contributed by atoms with van der Waals surface area (Å²) in [5.74, 6) is -0.122. The fraction of sp³-hybridized carbons (Fsp3) is 0.300. The van der Waals surface area contributed by atoms with Gasteiger partial charge in [0.2, 0.25) is 0 Å². The number of hydrogen-bond acceptors (Lipinski definition) is 6. The van der Waals surface area contributed by atoms with Gasteiger partial charge in [-0.25, -0.2) is 4.68 Å². The van der Waals surface area contributed by atoms with Crippen LogP contribution in [0.1, 0.15) is 28.7 Å². The number of rotatable bonds is 7. The molecule has 3 aromatic rings. The topological polar surface area (TPSA) is 75.9 Å². The molecule has 0 radical (unpaired) electrons. The second-order valence-corrected chi connectivity index (χ2v) is 7.08. The van der Waals surface area contributed by atoms with Crippen molar-refractivity contribution in [3.05, 3.63) is 59.7 Å². The van der Waals surface area contributed by atoms with Crippen molar-refractivity contribution in [2.24, 2.45) is 0 Å². The SMILES string of the molecule is CCN(C)C(=O)c1cc(-c2ccc(CNSC)cn2)n(-c2ccc(C)nc2)n1. The van der Waals surface area contributed by atoms with Gasteiger partial charge in [-0.3, -0.25) is 19.5 Å². The molecule has 0 fully saturated rings. The van der Waals surface area contributed by atoms with Gasteiger partial charge in [0.15, 0.2) is 5.69 Å². The summed E-state index contributed by atoms with van der Waals surface area (Å²) >= 11 is 1.57. The van der Waals surface area contributed by atoms with Gasteiger partial charge in [-0.1, -0.05) is 18.0 Å². The molecule has 0 saturated heterocycles. The van der Waals surface area contributed by atoms with Crippen LogP contribution in [0.2, 0.25) is 0 Å². The molecule has 146 valence electrons. The van der Waals surface area contributed by atoms with Gasteiger partial charge in [0, 0.05) is 32.0 Å². The van der Waals surface area contributed by atoms with Gasteiger partial charge in [0.1, 0.15) is 0 Å². The Morgan fingerprint density at radius 1 is 1.21 bits per heavy atom. The Balaban J connectivity index is 2.03. The number of pyridine rings is 2. The predicted octanol–water partition coefficient (Wildman–Crippen LogP) is 3.10. The largest absolute Gasteiger partial charge is 0.341 e. The van der Waals surface area contributed by atoms with Crippen LogP contribution in [-0.4, -0.2) is 50.4 Å². The van der Waals surface area contributed by atoms with Crippen LogP contribution in [0, 0.1) is 6.92 Å². The molecule has 3 rings (SSSR count). The number of hydrogen-bond donors (Lipinski definition) is 1. The molecule has 0 aromatic carbocycles. The summed E-state index contributed by atoms with van der Waals surface area (Å²) in [6.07, 6.45) is 5.57. The van der Waals surface area contributed by atoms with Crippen molar-refractivity contribution in [2.45, 2.75) is 20.4 Å². The molecule has 1 N–H and O–H groups in total. The molecule has 0 aliphatic heterocycles. The summed E-state index contributed by atoms with van der Waals surface area (Å²) in [7, 11) is 1.76. The highest BCUT2D eigenvalue weighted by atomic mass is 32.2. The molecule has 1 amide bonds. The monoisotopic (exact) mass is 396 g/mol. The van der Waals surface area contributed by atoms with Crippen molar-refractivity contribution in [3.8, 4) is 17.1 Å². The minimum absolute atomic E-state index is 0.122. The fourth-order valence-electron chi connectivity index (χ4n) is 2.63. The number of carbonyl (C=O) groups is 1. The maximum atomic E-state index is 12.6. The van der Waals surface area contributed by atoms with E-state index in [4.69, 9.17) is 0 Å². The number of nitrogens with zero attached hydrogens (tertiary/aromatic N) is 5. The second-order valence-electron chi connectivity index (χ2n) is 6.38. The smallest absolute Gasteiger partial charge is 0.274 e. The lowest BCUT2D eigenvalue weighted by Gasteiger charge is -2.11. The Morgan fingerprint density at radius 3 is 2.64 bits per heavy atom. The van der Waals surface area contributed by atoms with Gasteiger partial charge in [0.05, 0.1) is 23.3 Å². The molecular weight excluding hydrogens is 372 g/mol. The number of amides is 1. The lowest BCUT2D eigenvalue weighted by Crippen LogP contribution is -2.26. The molecule has 0 aliphatic rings. The molecule has 0 unspecified atom stereocenters. The van der Waals surface area contributed by atoms with Gasteiger partial charge in [-0.15, -0.1) is 0 Å². The Bertz CT molecular complexity index is 936. The van der Waals surface area contributed by atoms with Crippen LogP contribution in [-0.2, 0) is 6.54 Å². The highest BCUT2D eigenvalue weighted by Gasteiger charge is 2.19. The van der Waals surface area contributed by atoms with Crippen LogP contribution in [0.5, 0.6) is 0 Å². The summed E-state index contributed by atoms with van der Waals surface area (Å²) in [4.78, 5) is 23.2. The van der Waals surface area contributed by atoms with E-state index >= 15 is 0 Å². The van der Waals surface area contributed by atoms with Gasteiger partial charge in [0.25, 0.3) is 5.91 Å². The zero-order valence-electron chi connectivity index (χ0n) is 16.5. The van der Waals surface area contributed by atoms with Gasteiger partial charge >= 0.3 is 0 Å². The van der Waals surface area contributed by atoms with Crippen LogP contribution >= 0.6 is 11.9 Å². The highest BCUT2D eigenvalue weighted by molar-refractivity contribution is 7.96. The fourth-order valence-corrected chi connectivity index (χ4v) is 2.94. The number of nitrogens with one attached hydrogen (secondary N) is 1. The van der Waals surface area contributed by atoms with E-state index in [2.05, 4.69) is 19.8 Å². The molecule has 3 heterocycles. The Morgan fingerprint density at radius 2 is 2.04 bits per heavy atom. The van der Waals surface area contributed by atoms with E-state index in [0.717, 1.165) is 34.9 Å². The van der Waals surface area contributed by atoms with E-state index in [0.29, 0.717) is 12.2 Å². The zero-order chi connectivity index (χ0) is 20.1. The summed E-state index contributed by atoms with van der Waals surface area (Å²) in [5.41, 5.74) is 4.68. The standard InChI is InChI=1S/C20H24N6OS/c1-5-25(3)20(27)18-10-19(17-9-7-15(11-22-17)12-23-28-4)26(24-18)16-8-6-14(2)21-13-16/h6-11,13,23H,5,12H2,1-4H3. The van der Waals surface area contributed by atoms with E-state index in [1.807, 2.05) is 50.6 Å². The predicted molar refractivity (Wildman–Crippen MR) is 112 cm³/mol. The highest BCUT2D eigenvalue weighted by Crippen LogP contribution is 2.23. The molecule has 7 nitrogen and oxygen atoms in total. The van der Waals surface area contributed by atoms with Crippen LogP contribution in [0.3, 0.4) is 0 Å². The average Bonchev–Trinajstić information content (AvgIpc) is 3.17. The maximum Gasteiger partial charge on any atom is 0.274 e. The van der Waals surface area contributed by atoms with Crippen molar-refractivity contribution in [2.75, 3.05) is 19.8 Å². The third-order valence-corrected chi connectivity index (χ3v) is 4.83. The molecule has 8 heteroatoms. The van der Waals surface area contributed by atoms with E-state index < -0.39 is 0 Å². The Hall–Kier alpha value is -2.71. The van der Waals surface area contributed by atoms with E-state index in [9.17, 15) is 4.79 Å². The minimum atomic E-state index is -0.122. The Kier molecular flexibility index (Phi) is 6.43. The van der Waals surface area contributed by atoms with Gasteiger partial charge in [-0.05, 0) is 49.9 Å². The first-order valence-corrected chi connectivity index (χ1v) is 10.3. The normalized spacial score (nSPS) is 10.9. The minimum Gasteiger partial charge on any atom is -0.341 e. The zero-order valence-corrected chi connectivity index (χ0v) is 17.3. The first-order chi connectivity index (χ1) is 13.5. The molecule has 0 bridgehead atoms. The third kappa shape index (κ3) is 4.40. The van der Waals surface area contributed by atoms with Crippen molar-refractivity contribution in [1.82, 2.24) is 29.4 Å². The summed E-state index contributed by atoms with van der Waals surface area (Å²) in [6.45, 7) is 5.22. The maximum absolute atomic E-state index is 12.6. The molecule has 28 heavy (non-hydrogen) atoms. The number of aryl methyl sites for hydroxylation is 1. The first kappa shape index (κ1) is 20.0. The van der Waals surface area contributed by atoms with Crippen LogP contribution < -0.4 is 4.72 Å². The lowest BCUT2D eigenvalue weighted by atomic mass is 10.2. The molecule has 0 saturated carbocycles. The van der Waals surface area contributed by atoms with Crippen LogP contribution in [0.4, 0.5) is 0 Å². The van der Waals surface area contributed by atoms with Crippen molar-refractivity contribution in [1.29, 1.82) is 0 Å². The van der Waals surface area contributed by atoms with Crippen LogP contribution in [0.15, 0.2) is 42.7 Å². The van der Waals surface area contributed by atoms with Gasteiger partial charge in [-0.2, -0.15) is 5.10 Å². The Labute approximate surface area is 169 Å².